The molecule has 1 N–H and O–H groups in total. The van der Waals surface area contributed by atoms with E-state index >= 15 is 0 Å². The van der Waals surface area contributed by atoms with Crippen LogP contribution in [0.3, 0.4) is 0 Å². The Morgan fingerprint density at radius 1 is 1.46 bits per heavy atom. The van der Waals surface area contributed by atoms with Crippen LogP contribution in [0.5, 0.6) is 0 Å². The third-order valence-electron chi connectivity index (χ3n) is 2.23. The quantitative estimate of drug-likeness (QED) is 0.724. The Hall–Kier alpha value is -0.290. The van der Waals surface area contributed by atoms with Gasteiger partial charge in [-0.2, -0.15) is 13.2 Å². The van der Waals surface area contributed by atoms with Gasteiger partial charge in [-0.3, -0.25) is 5.43 Å². The van der Waals surface area contributed by atoms with Crippen LogP contribution in [0, 0.1) is 5.92 Å². The van der Waals surface area contributed by atoms with Crippen molar-refractivity contribution in [3.8, 4) is 0 Å². The molecule has 1 unspecified atom stereocenters. The predicted molar refractivity (Wildman–Crippen MR) is 44.0 cm³/mol. The van der Waals surface area contributed by atoms with Crippen LogP contribution in [0.1, 0.15) is 20.3 Å². The number of nitrogens with zero attached hydrogens (tertiary/aromatic N) is 1. The largest absolute Gasteiger partial charge is 0.402 e. The molecule has 0 aromatic heterocycles. The molecule has 1 aliphatic heterocycles. The van der Waals surface area contributed by atoms with Gasteiger partial charge in [-0.25, -0.2) is 5.01 Å². The zero-order chi connectivity index (χ0) is 10.1. The normalized spacial score (nSPS) is 25.8. The van der Waals surface area contributed by atoms with Crippen molar-refractivity contribution in [2.45, 2.75) is 32.5 Å². The van der Waals surface area contributed by atoms with Gasteiger partial charge in [0.2, 0.25) is 0 Å². The summed E-state index contributed by atoms with van der Waals surface area (Å²) in [6.07, 6.45) is -3.30. The third kappa shape index (κ3) is 3.52. The SMILES string of the molecule is CC(C)C1CCN(CC(F)(F)F)N1. The Kier molecular flexibility index (Phi) is 3.18. The lowest BCUT2D eigenvalue weighted by molar-refractivity contribution is -0.149. The van der Waals surface area contributed by atoms with E-state index in [4.69, 9.17) is 0 Å². The van der Waals surface area contributed by atoms with Crippen LogP contribution in [0.25, 0.3) is 0 Å². The topological polar surface area (TPSA) is 15.3 Å². The molecular formula is C8H15F3N2. The van der Waals surface area contributed by atoms with Crippen LogP contribution in [-0.2, 0) is 0 Å². The molecule has 1 heterocycles. The van der Waals surface area contributed by atoms with E-state index in [1.165, 1.54) is 5.01 Å². The smallest absolute Gasteiger partial charge is 0.251 e. The third-order valence-corrected chi connectivity index (χ3v) is 2.23. The van der Waals surface area contributed by atoms with Crippen molar-refractivity contribution in [1.82, 2.24) is 10.4 Å². The summed E-state index contributed by atoms with van der Waals surface area (Å²) in [5.74, 6) is 0.387. The number of hydrogen-bond acceptors (Lipinski definition) is 2. The highest BCUT2D eigenvalue weighted by atomic mass is 19.4. The van der Waals surface area contributed by atoms with Crippen LogP contribution in [0.2, 0.25) is 0 Å². The van der Waals surface area contributed by atoms with Crippen molar-refractivity contribution >= 4 is 0 Å². The molecule has 2 nitrogen and oxygen atoms in total. The fraction of sp³-hybridized carbons (Fsp3) is 1.00. The summed E-state index contributed by atoms with van der Waals surface area (Å²) in [5.41, 5.74) is 2.86. The highest BCUT2D eigenvalue weighted by Gasteiger charge is 2.34. The fourth-order valence-corrected chi connectivity index (χ4v) is 1.48. The first-order valence-electron chi connectivity index (χ1n) is 4.46. The number of hydrazine groups is 1. The summed E-state index contributed by atoms with van der Waals surface area (Å²) in [6.45, 7) is 3.65. The summed E-state index contributed by atoms with van der Waals surface area (Å²) in [4.78, 5) is 0. The van der Waals surface area contributed by atoms with Crippen molar-refractivity contribution in [3.05, 3.63) is 0 Å². The van der Waals surface area contributed by atoms with E-state index in [1.807, 2.05) is 13.8 Å². The van der Waals surface area contributed by atoms with E-state index in [1.54, 1.807) is 0 Å². The molecule has 5 heteroatoms. The van der Waals surface area contributed by atoms with Gasteiger partial charge < -0.3 is 0 Å². The van der Waals surface area contributed by atoms with Crippen molar-refractivity contribution < 1.29 is 13.2 Å². The summed E-state index contributed by atoms with van der Waals surface area (Å²) >= 11 is 0. The van der Waals surface area contributed by atoms with E-state index < -0.39 is 12.7 Å². The van der Waals surface area contributed by atoms with Crippen LogP contribution < -0.4 is 5.43 Å². The lowest BCUT2D eigenvalue weighted by Crippen LogP contribution is -2.42. The molecule has 0 aromatic rings. The zero-order valence-corrected chi connectivity index (χ0v) is 7.86. The molecular weight excluding hydrogens is 181 g/mol. The summed E-state index contributed by atoms with van der Waals surface area (Å²) in [5, 5.41) is 1.25. The number of rotatable bonds is 2. The van der Waals surface area contributed by atoms with Crippen molar-refractivity contribution in [2.24, 2.45) is 5.92 Å². The Labute approximate surface area is 76.1 Å². The van der Waals surface area contributed by atoms with Gasteiger partial charge in [-0.1, -0.05) is 13.8 Å². The molecule has 0 aromatic carbocycles. The molecule has 0 spiro atoms. The lowest BCUT2D eigenvalue weighted by Gasteiger charge is -2.20. The first kappa shape index (κ1) is 10.8. The van der Waals surface area contributed by atoms with E-state index in [0.717, 1.165) is 6.42 Å². The predicted octanol–water partition coefficient (Wildman–Crippen LogP) is 1.78. The lowest BCUT2D eigenvalue weighted by atomic mass is 10.0. The number of alkyl halides is 3. The summed E-state index contributed by atoms with van der Waals surface area (Å²) in [7, 11) is 0. The van der Waals surface area contributed by atoms with E-state index in [-0.39, 0.29) is 6.04 Å². The minimum Gasteiger partial charge on any atom is -0.251 e. The second kappa shape index (κ2) is 3.84. The van der Waals surface area contributed by atoms with Gasteiger partial charge in [-0.15, -0.1) is 0 Å². The Morgan fingerprint density at radius 3 is 2.46 bits per heavy atom. The number of halogens is 3. The van der Waals surface area contributed by atoms with Gasteiger partial charge in [0.05, 0.1) is 0 Å². The number of hydrogen-bond donors (Lipinski definition) is 1. The van der Waals surface area contributed by atoms with Crippen LogP contribution >= 0.6 is 0 Å². The summed E-state index contributed by atoms with van der Waals surface area (Å²) in [6, 6.07) is 0.197. The average Bonchev–Trinajstić information content (AvgIpc) is 2.31. The standard InChI is InChI=1S/C8H15F3N2/c1-6(2)7-3-4-13(12-7)5-8(9,10)11/h6-7,12H,3-5H2,1-2H3. The first-order valence-corrected chi connectivity index (χ1v) is 4.46. The molecule has 0 amide bonds. The Balaban J connectivity index is 2.33. The molecule has 1 aliphatic rings. The average molecular weight is 196 g/mol. The molecule has 0 bridgehead atoms. The van der Waals surface area contributed by atoms with Gasteiger partial charge >= 0.3 is 6.18 Å². The Morgan fingerprint density at radius 2 is 2.08 bits per heavy atom. The van der Waals surface area contributed by atoms with E-state index in [0.29, 0.717) is 12.5 Å². The van der Waals surface area contributed by atoms with Crippen LogP contribution in [-0.4, -0.2) is 30.3 Å². The molecule has 0 aliphatic carbocycles. The monoisotopic (exact) mass is 196 g/mol. The van der Waals surface area contributed by atoms with Crippen molar-refractivity contribution in [3.63, 3.8) is 0 Å². The van der Waals surface area contributed by atoms with Gasteiger partial charge in [0.1, 0.15) is 6.54 Å². The van der Waals surface area contributed by atoms with Gasteiger partial charge in [-0.05, 0) is 12.3 Å². The maximum absolute atomic E-state index is 12.0. The Bertz CT molecular complexity index is 167. The maximum Gasteiger partial charge on any atom is 0.402 e. The highest BCUT2D eigenvalue weighted by molar-refractivity contribution is 4.78. The number of nitrogens with one attached hydrogen (secondary N) is 1. The van der Waals surface area contributed by atoms with Crippen molar-refractivity contribution in [2.75, 3.05) is 13.1 Å². The molecule has 1 atom stereocenters. The van der Waals surface area contributed by atoms with Crippen LogP contribution in [0.4, 0.5) is 13.2 Å². The van der Waals surface area contributed by atoms with E-state index in [9.17, 15) is 13.2 Å². The van der Waals surface area contributed by atoms with Crippen LogP contribution in [0.15, 0.2) is 0 Å². The first-order chi connectivity index (χ1) is 5.88. The zero-order valence-electron chi connectivity index (χ0n) is 7.86. The molecule has 0 saturated carbocycles. The second-order valence-electron chi connectivity index (χ2n) is 3.81. The second-order valence-corrected chi connectivity index (χ2v) is 3.81. The molecule has 1 saturated heterocycles. The van der Waals surface area contributed by atoms with Crippen molar-refractivity contribution in [1.29, 1.82) is 0 Å². The molecule has 13 heavy (non-hydrogen) atoms. The highest BCUT2D eigenvalue weighted by Crippen LogP contribution is 2.20. The fourth-order valence-electron chi connectivity index (χ4n) is 1.48. The molecule has 1 rings (SSSR count). The van der Waals surface area contributed by atoms with Gasteiger partial charge in [0.25, 0.3) is 0 Å². The summed E-state index contributed by atoms with van der Waals surface area (Å²) < 4.78 is 35.9. The van der Waals surface area contributed by atoms with E-state index in [2.05, 4.69) is 5.43 Å². The minimum absolute atomic E-state index is 0.197. The maximum atomic E-state index is 12.0. The molecule has 78 valence electrons. The van der Waals surface area contributed by atoms with Gasteiger partial charge in [0.15, 0.2) is 0 Å². The minimum atomic E-state index is -4.10. The molecule has 1 fully saturated rings. The molecule has 0 radical (unpaired) electrons. The van der Waals surface area contributed by atoms with Gasteiger partial charge in [0, 0.05) is 12.6 Å².